The van der Waals surface area contributed by atoms with Crippen LogP contribution in [-0.4, -0.2) is 18.0 Å². The Morgan fingerprint density at radius 2 is 2.24 bits per heavy atom. The average Bonchev–Trinajstić information content (AvgIpc) is 2.61. The van der Waals surface area contributed by atoms with Crippen molar-refractivity contribution in [2.75, 3.05) is 13.1 Å². The van der Waals surface area contributed by atoms with Gasteiger partial charge in [0.1, 0.15) is 5.82 Å². The van der Waals surface area contributed by atoms with E-state index < -0.39 is 0 Å². The molecule has 0 radical (unpaired) electrons. The largest absolute Gasteiger partial charge is 0.298 e. The maximum atomic E-state index is 13.6. The molecule has 0 atom stereocenters. The average molecular weight is 232 g/mol. The van der Waals surface area contributed by atoms with Gasteiger partial charge in [0.05, 0.1) is 11.6 Å². The monoisotopic (exact) mass is 232 g/mol. The minimum Gasteiger partial charge on any atom is -0.298 e. The van der Waals surface area contributed by atoms with Gasteiger partial charge in [-0.2, -0.15) is 5.26 Å². The van der Waals surface area contributed by atoms with Crippen LogP contribution in [0.4, 0.5) is 4.39 Å². The fourth-order valence-electron chi connectivity index (χ4n) is 2.37. The Hall–Kier alpha value is -1.40. The summed E-state index contributed by atoms with van der Waals surface area (Å²) < 4.78 is 13.6. The van der Waals surface area contributed by atoms with Crippen LogP contribution in [0.3, 0.4) is 0 Å². The predicted molar refractivity (Wildman–Crippen MR) is 64.8 cm³/mol. The molecule has 0 saturated carbocycles. The van der Waals surface area contributed by atoms with Crippen LogP contribution < -0.4 is 0 Å². The van der Waals surface area contributed by atoms with Gasteiger partial charge < -0.3 is 0 Å². The number of rotatable bonds is 2. The summed E-state index contributed by atoms with van der Waals surface area (Å²) in [5.74, 6) is -0.214. The van der Waals surface area contributed by atoms with Crippen molar-refractivity contribution in [3.63, 3.8) is 0 Å². The van der Waals surface area contributed by atoms with Crippen molar-refractivity contribution in [2.24, 2.45) is 5.41 Å². The minimum atomic E-state index is -0.214. The second-order valence-electron chi connectivity index (χ2n) is 5.54. The highest BCUT2D eigenvalue weighted by molar-refractivity contribution is 5.33. The number of benzene rings is 1. The second kappa shape index (κ2) is 4.46. The topological polar surface area (TPSA) is 27.0 Å². The SMILES string of the molecule is CC1(C)CCN(Cc2cc(C#N)ccc2F)C1. The molecule has 1 heterocycles. The van der Waals surface area contributed by atoms with Crippen molar-refractivity contribution in [1.82, 2.24) is 4.90 Å². The summed E-state index contributed by atoms with van der Waals surface area (Å²) >= 11 is 0. The molecule has 0 N–H and O–H groups in total. The van der Waals surface area contributed by atoms with E-state index in [0.29, 0.717) is 23.1 Å². The van der Waals surface area contributed by atoms with E-state index in [4.69, 9.17) is 5.26 Å². The molecule has 1 saturated heterocycles. The molecule has 0 aromatic heterocycles. The second-order valence-corrected chi connectivity index (χ2v) is 5.54. The summed E-state index contributed by atoms with van der Waals surface area (Å²) in [5.41, 5.74) is 1.48. The number of hydrogen-bond acceptors (Lipinski definition) is 2. The number of nitrogens with zero attached hydrogens (tertiary/aromatic N) is 2. The van der Waals surface area contributed by atoms with Crippen LogP contribution in [0.15, 0.2) is 18.2 Å². The molecule has 2 rings (SSSR count). The van der Waals surface area contributed by atoms with Crippen LogP contribution in [-0.2, 0) is 6.54 Å². The van der Waals surface area contributed by atoms with E-state index in [1.165, 1.54) is 12.1 Å². The molecule has 1 aliphatic heterocycles. The van der Waals surface area contributed by atoms with Crippen molar-refractivity contribution < 1.29 is 4.39 Å². The zero-order valence-corrected chi connectivity index (χ0v) is 10.3. The third-order valence-corrected chi connectivity index (χ3v) is 3.33. The van der Waals surface area contributed by atoms with Gasteiger partial charge in [-0.05, 0) is 36.6 Å². The fraction of sp³-hybridized carbons (Fsp3) is 0.500. The first-order valence-electron chi connectivity index (χ1n) is 5.91. The van der Waals surface area contributed by atoms with Gasteiger partial charge in [0.15, 0.2) is 0 Å². The molecule has 0 spiro atoms. The summed E-state index contributed by atoms with van der Waals surface area (Å²) in [4.78, 5) is 2.25. The highest BCUT2D eigenvalue weighted by Crippen LogP contribution is 2.30. The molecule has 0 bridgehead atoms. The van der Waals surface area contributed by atoms with Gasteiger partial charge in [0, 0.05) is 18.7 Å². The van der Waals surface area contributed by atoms with E-state index in [1.54, 1.807) is 6.07 Å². The molecule has 0 unspecified atom stereocenters. The number of halogens is 1. The Kier molecular flexibility index (Phi) is 3.17. The van der Waals surface area contributed by atoms with Crippen molar-refractivity contribution in [3.05, 3.63) is 35.1 Å². The molecule has 0 aliphatic carbocycles. The van der Waals surface area contributed by atoms with Gasteiger partial charge in [0.25, 0.3) is 0 Å². The number of nitriles is 1. The molecule has 1 aliphatic rings. The van der Waals surface area contributed by atoms with E-state index >= 15 is 0 Å². The molecule has 2 nitrogen and oxygen atoms in total. The van der Waals surface area contributed by atoms with Crippen molar-refractivity contribution >= 4 is 0 Å². The van der Waals surface area contributed by atoms with Crippen LogP contribution in [0.25, 0.3) is 0 Å². The highest BCUT2D eigenvalue weighted by Gasteiger charge is 2.29. The van der Waals surface area contributed by atoms with E-state index in [2.05, 4.69) is 24.8 Å². The fourth-order valence-corrected chi connectivity index (χ4v) is 2.37. The lowest BCUT2D eigenvalue weighted by atomic mass is 9.93. The van der Waals surface area contributed by atoms with Gasteiger partial charge in [-0.25, -0.2) is 4.39 Å². The Bertz CT molecular complexity index is 460. The van der Waals surface area contributed by atoms with Gasteiger partial charge >= 0.3 is 0 Å². The lowest BCUT2D eigenvalue weighted by Crippen LogP contribution is -2.23. The van der Waals surface area contributed by atoms with Crippen molar-refractivity contribution in [2.45, 2.75) is 26.8 Å². The van der Waals surface area contributed by atoms with Gasteiger partial charge in [-0.15, -0.1) is 0 Å². The maximum absolute atomic E-state index is 13.6. The Morgan fingerprint density at radius 3 is 2.82 bits per heavy atom. The molecule has 0 amide bonds. The van der Waals surface area contributed by atoms with Crippen LogP contribution >= 0.6 is 0 Å². The van der Waals surface area contributed by atoms with Crippen molar-refractivity contribution in [1.29, 1.82) is 5.26 Å². The Labute approximate surface area is 102 Å². The summed E-state index contributed by atoms with van der Waals surface area (Å²) in [5, 5.41) is 8.81. The standard InChI is InChI=1S/C14H17FN2/c1-14(2)5-6-17(10-14)9-12-7-11(8-16)3-4-13(12)15/h3-4,7H,5-6,9-10H2,1-2H3. The molecule has 3 heteroatoms. The highest BCUT2D eigenvalue weighted by atomic mass is 19.1. The van der Waals surface area contributed by atoms with Gasteiger partial charge in [0.2, 0.25) is 0 Å². The van der Waals surface area contributed by atoms with Crippen LogP contribution in [0, 0.1) is 22.6 Å². The minimum absolute atomic E-state index is 0.214. The summed E-state index contributed by atoms with van der Waals surface area (Å²) in [6.07, 6.45) is 1.15. The van der Waals surface area contributed by atoms with Crippen LogP contribution in [0.5, 0.6) is 0 Å². The first-order chi connectivity index (χ1) is 8.00. The van der Waals surface area contributed by atoms with E-state index in [1.807, 2.05) is 0 Å². The maximum Gasteiger partial charge on any atom is 0.127 e. The quantitative estimate of drug-likeness (QED) is 0.784. The lowest BCUT2D eigenvalue weighted by molar-refractivity contribution is 0.281. The first kappa shape index (κ1) is 12.1. The summed E-state index contributed by atoms with van der Waals surface area (Å²) in [7, 11) is 0. The summed E-state index contributed by atoms with van der Waals surface area (Å²) in [6, 6.07) is 6.61. The zero-order chi connectivity index (χ0) is 12.5. The molecule has 17 heavy (non-hydrogen) atoms. The summed E-state index contributed by atoms with van der Waals surface area (Å²) in [6.45, 7) is 7.06. The molecular weight excluding hydrogens is 215 g/mol. The third kappa shape index (κ3) is 2.83. The number of likely N-dealkylation sites (tertiary alicyclic amines) is 1. The molecule has 1 fully saturated rings. The first-order valence-corrected chi connectivity index (χ1v) is 5.91. The predicted octanol–water partition coefficient (Wildman–Crippen LogP) is 2.93. The normalized spacial score (nSPS) is 19.2. The molecule has 90 valence electrons. The van der Waals surface area contributed by atoms with E-state index in [9.17, 15) is 4.39 Å². The van der Waals surface area contributed by atoms with Crippen LogP contribution in [0.2, 0.25) is 0 Å². The molecule has 1 aromatic rings. The lowest BCUT2D eigenvalue weighted by Gasteiger charge is -2.19. The van der Waals surface area contributed by atoms with Gasteiger partial charge in [-0.3, -0.25) is 4.90 Å². The van der Waals surface area contributed by atoms with Gasteiger partial charge in [-0.1, -0.05) is 13.8 Å². The molecular formula is C14H17FN2. The third-order valence-electron chi connectivity index (χ3n) is 3.33. The smallest absolute Gasteiger partial charge is 0.127 e. The van der Waals surface area contributed by atoms with Crippen LogP contribution in [0.1, 0.15) is 31.4 Å². The van der Waals surface area contributed by atoms with E-state index in [0.717, 1.165) is 19.5 Å². The Balaban J connectivity index is 2.12. The number of hydrogen-bond donors (Lipinski definition) is 0. The Morgan fingerprint density at radius 1 is 1.47 bits per heavy atom. The zero-order valence-electron chi connectivity index (χ0n) is 10.3. The molecule has 1 aromatic carbocycles. The van der Waals surface area contributed by atoms with Crippen molar-refractivity contribution in [3.8, 4) is 6.07 Å². The van der Waals surface area contributed by atoms with E-state index in [-0.39, 0.29) is 5.82 Å².